The highest BCUT2D eigenvalue weighted by molar-refractivity contribution is 5.92. The van der Waals surface area contributed by atoms with E-state index >= 15 is 0 Å². The topological polar surface area (TPSA) is 59.4 Å². The fourth-order valence-corrected chi connectivity index (χ4v) is 2.78. The number of carbonyl (C=O) groups excluding carboxylic acids is 1. The quantitative estimate of drug-likeness (QED) is 0.891. The van der Waals surface area contributed by atoms with Gasteiger partial charge < -0.3 is 10.2 Å². The number of benzene rings is 1. The molecular formula is C16H22N4O. The molecule has 1 heterocycles. The number of anilines is 1. The van der Waals surface area contributed by atoms with Gasteiger partial charge in [0.2, 0.25) is 5.91 Å². The van der Waals surface area contributed by atoms with E-state index in [2.05, 4.69) is 35.3 Å². The number of nitriles is 1. The summed E-state index contributed by atoms with van der Waals surface area (Å²) in [7, 11) is 4.12. The normalized spacial score (nSPS) is 18.7. The van der Waals surface area contributed by atoms with Crippen LogP contribution in [-0.2, 0) is 4.79 Å². The summed E-state index contributed by atoms with van der Waals surface area (Å²) in [4.78, 5) is 16.6. The fraction of sp³-hybridized carbons (Fsp3) is 0.500. The molecule has 1 fully saturated rings. The molecule has 0 saturated carbocycles. The third-order valence-electron chi connectivity index (χ3n) is 3.70. The van der Waals surface area contributed by atoms with Crippen molar-refractivity contribution in [1.82, 2.24) is 9.80 Å². The number of likely N-dealkylation sites (tertiary alicyclic amines) is 1. The summed E-state index contributed by atoms with van der Waals surface area (Å²) < 4.78 is 0. The first kappa shape index (κ1) is 15.5. The lowest BCUT2D eigenvalue weighted by Crippen LogP contribution is -2.41. The lowest BCUT2D eigenvalue weighted by Gasteiger charge is -2.26. The largest absolute Gasteiger partial charge is 0.325 e. The predicted molar refractivity (Wildman–Crippen MR) is 82.9 cm³/mol. The minimum absolute atomic E-state index is 0.0178. The van der Waals surface area contributed by atoms with Gasteiger partial charge in [0.15, 0.2) is 0 Å². The molecule has 1 amide bonds. The van der Waals surface area contributed by atoms with Crippen LogP contribution >= 0.6 is 0 Å². The molecule has 1 unspecified atom stereocenters. The lowest BCUT2D eigenvalue weighted by atomic mass is 10.2. The van der Waals surface area contributed by atoms with E-state index in [1.54, 1.807) is 24.3 Å². The zero-order valence-electron chi connectivity index (χ0n) is 12.7. The molecule has 1 aromatic rings. The van der Waals surface area contributed by atoms with E-state index in [0.717, 1.165) is 25.9 Å². The van der Waals surface area contributed by atoms with Gasteiger partial charge in [0.25, 0.3) is 0 Å². The lowest BCUT2D eigenvalue weighted by molar-refractivity contribution is -0.117. The van der Waals surface area contributed by atoms with Gasteiger partial charge in [-0.05, 0) is 51.7 Å². The van der Waals surface area contributed by atoms with Gasteiger partial charge in [0.1, 0.15) is 0 Å². The first-order chi connectivity index (χ1) is 10.1. The van der Waals surface area contributed by atoms with Crippen LogP contribution in [0.1, 0.15) is 18.4 Å². The van der Waals surface area contributed by atoms with Crippen LogP contribution in [0.25, 0.3) is 0 Å². The van der Waals surface area contributed by atoms with Crippen LogP contribution in [0.3, 0.4) is 0 Å². The van der Waals surface area contributed by atoms with Gasteiger partial charge in [0.05, 0.1) is 18.2 Å². The molecule has 5 nitrogen and oxygen atoms in total. The molecule has 1 atom stereocenters. The maximum absolute atomic E-state index is 12.2. The van der Waals surface area contributed by atoms with E-state index in [1.165, 1.54) is 0 Å². The Morgan fingerprint density at radius 1 is 1.52 bits per heavy atom. The highest BCUT2D eigenvalue weighted by Gasteiger charge is 2.26. The summed E-state index contributed by atoms with van der Waals surface area (Å²) >= 11 is 0. The number of carbonyl (C=O) groups is 1. The summed E-state index contributed by atoms with van der Waals surface area (Å²) in [6, 6.07) is 9.53. The molecule has 1 aromatic carbocycles. The number of nitrogens with zero attached hydrogens (tertiary/aromatic N) is 3. The molecule has 112 valence electrons. The van der Waals surface area contributed by atoms with Crippen molar-refractivity contribution in [2.75, 3.05) is 39.0 Å². The molecule has 0 spiro atoms. The van der Waals surface area contributed by atoms with Crippen LogP contribution in [0.15, 0.2) is 24.3 Å². The summed E-state index contributed by atoms with van der Waals surface area (Å²) in [6.45, 7) is 2.37. The van der Waals surface area contributed by atoms with E-state index in [4.69, 9.17) is 5.26 Å². The fourth-order valence-electron chi connectivity index (χ4n) is 2.78. The Hall–Kier alpha value is -1.90. The Morgan fingerprint density at radius 2 is 2.33 bits per heavy atom. The van der Waals surface area contributed by atoms with Gasteiger partial charge in [-0.2, -0.15) is 5.26 Å². The first-order valence-electron chi connectivity index (χ1n) is 7.27. The van der Waals surface area contributed by atoms with Gasteiger partial charge >= 0.3 is 0 Å². The Kier molecular flexibility index (Phi) is 5.32. The number of rotatable bonds is 5. The standard InChI is InChI=1S/C16H22N4O/c1-19(2)11-15-7-4-8-20(15)12-16(21)18-14-6-3-5-13(9-14)10-17/h3,5-6,9,15H,4,7-8,11-12H2,1-2H3,(H,18,21). The van der Waals surface area contributed by atoms with Gasteiger partial charge in [0, 0.05) is 18.3 Å². The van der Waals surface area contributed by atoms with Crippen molar-refractivity contribution in [3.05, 3.63) is 29.8 Å². The van der Waals surface area contributed by atoms with E-state index in [0.29, 0.717) is 23.8 Å². The number of hydrogen-bond donors (Lipinski definition) is 1. The Morgan fingerprint density at radius 3 is 3.05 bits per heavy atom. The van der Waals surface area contributed by atoms with Gasteiger partial charge in [-0.1, -0.05) is 6.07 Å². The molecule has 5 heteroatoms. The second kappa shape index (κ2) is 7.21. The van der Waals surface area contributed by atoms with E-state index in [-0.39, 0.29) is 5.91 Å². The Balaban J connectivity index is 1.90. The van der Waals surface area contributed by atoms with Crippen LogP contribution < -0.4 is 5.32 Å². The molecule has 2 rings (SSSR count). The van der Waals surface area contributed by atoms with Gasteiger partial charge in [-0.3, -0.25) is 9.69 Å². The molecule has 1 N–H and O–H groups in total. The third kappa shape index (κ3) is 4.55. The van der Waals surface area contributed by atoms with Crippen molar-refractivity contribution in [1.29, 1.82) is 5.26 Å². The van der Waals surface area contributed by atoms with E-state index in [9.17, 15) is 4.79 Å². The summed E-state index contributed by atoms with van der Waals surface area (Å²) in [6.07, 6.45) is 2.30. The second-order valence-electron chi connectivity index (χ2n) is 5.77. The molecule has 0 aliphatic carbocycles. The second-order valence-corrected chi connectivity index (χ2v) is 5.77. The van der Waals surface area contributed by atoms with Crippen LogP contribution in [0, 0.1) is 11.3 Å². The molecule has 1 aliphatic rings. The van der Waals surface area contributed by atoms with Crippen LogP contribution in [0.5, 0.6) is 0 Å². The van der Waals surface area contributed by atoms with Gasteiger partial charge in [-0.15, -0.1) is 0 Å². The van der Waals surface area contributed by atoms with E-state index < -0.39 is 0 Å². The minimum Gasteiger partial charge on any atom is -0.325 e. The number of likely N-dealkylation sites (N-methyl/N-ethyl adjacent to an activating group) is 1. The first-order valence-corrected chi connectivity index (χ1v) is 7.27. The Labute approximate surface area is 126 Å². The molecule has 0 radical (unpaired) electrons. The molecule has 1 saturated heterocycles. The molecular weight excluding hydrogens is 264 g/mol. The maximum atomic E-state index is 12.2. The number of hydrogen-bond acceptors (Lipinski definition) is 4. The summed E-state index contributed by atoms with van der Waals surface area (Å²) in [5, 5.41) is 11.7. The van der Waals surface area contributed by atoms with Crippen LogP contribution in [0.4, 0.5) is 5.69 Å². The maximum Gasteiger partial charge on any atom is 0.238 e. The third-order valence-corrected chi connectivity index (χ3v) is 3.70. The molecule has 0 bridgehead atoms. The molecule has 0 aromatic heterocycles. The van der Waals surface area contributed by atoms with Crippen molar-refractivity contribution >= 4 is 11.6 Å². The average Bonchev–Trinajstić information content (AvgIpc) is 2.85. The highest BCUT2D eigenvalue weighted by Crippen LogP contribution is 2.17. The monoisotopic (exact) mass is 286 g/mol. The van der Waals surface area contributed by atoms with Crippen LogP contribution in [-0.4, -0.2) is 55.5 Å². The molecule has 1 aliphatic heterocycles. The zero-order chi connectivity index (χ0) is 15.2. The summed E-state index contributed by atoms with van der Waals surface area (Å²) in [5.41, 5.74) is 1.24. The van der Waals surface area contributed by atoms with E-state index in [1.807, 2.05) is 0 Å². The average molecular weight is 286 g/mol. The van der Waals surface area contributed by atoms with Crippen molar-refractivity contribution in [3.8, 4) is 6.07 Å². The van der Waals surface area contributed by atoms with Crippen molar-refractivity contribution < 1.29 is 4.79 Å². The highest BCUT2D eigenvalue weighted by atomic mass is 16.2. The predicted octanol–water partition coefficient (Wildman–Crippen LogP) is 1.52. The number of nitrogens with one attached hydrogen (secondary N) is 1. The van der Waals surface area contributed by atoms with Gasteiger partial charge in [-0.25, -0.2) is 0 Å². The van der Waals surface area contributed by atoms with Crippen LogP contribution in [0.2, 0.25) is 0 Å². The number of amides is 1. The smallest absolute Gasteiger partial charge is 0.238 e. The molecule has 21 heavy (non-hydrogen) atoms. The van der Waals surface area contributed by atoms with Crippen molar-refractivity contribution in [2.24, 2.45) is 0 Å². The summed E-state index contributed by atoms with van der Waals surface area (Å²) in [5.74, 6) is -0.0178. The SMILES string of the molecule is CN(C)CC1CCCN1CC(=O)Nc1cccc(C#N)c1. The minimum atomic E-state index is -0.0178. The van der Waals surface area contributed by atoms with Crippen molar-refractivity contribution in [2.45, 2.75) is 18.9 Å². The Bertz CT molecular complexity index is 535. The van der Waals surface area contributed by atoms with Crippen molar-refractivity contribution in [3.63, 3.8) is 0 Å². The zero-order valence-corrected chi connectivity index (χ0v) is 12.7.